The van der Waals surface area contributed by atoms with Crippen LogP contribution >= 0.6 is 0 Å². The molecule has 2 rings (SSSR count). The Morgan fingerprint density at radius 1 is 1.60 bits per heavy atom. The van der Waals surface area contributed by atoms with Crippen LogP contribution in [0.1, 0.15) is 12.8 Å². The largest absolute Gasteiger partial charge is 0.494 e. The van der Waals surface area contributed by atoms with Gasteiger partial charge in [0.1, 0.15) is 19.5 Å². The van der Waals surface area contributed by atoms with E-state index in [0.717, 1.165) is 12.8 Å². The summed E-state index contributed by atoms with van der Waals surface area (Å²) in [7, 11) is 0. The number of carbonyl (C=O) groups excluding carboxylic acids is 1. The Morgan fingerprint density at radius 3 is 3.00 bits per heavy atom. The second-order valence-electron chi connectivity index (χ2n) is 3.82. The maximum absolute atomic E-state index is 11.5. The first kappa shape index (κ1) is 10.3. The van der Waals surface area contributed by atoms with Crippen molar-refractivity contribution in [2.45, 2.75) is 18.9 Å². The molecule has 0 aromatic heterocycles. The summed E-state index contributed by atoms with van der Waals surface area (Å²) in [6.45, 7) is 1.15. The van der Waals surface area contributed by atoms with E-state index in [1.54, 1.807) is 0 Å². The zero-order valence-corrected chi connectivity index (χ0v) is 8.44. The lowest BCUT2D eigenvalue weighted by molar-refractivity contribution is -0.122. The lowest BCUT2D eigenvalue weighted by Gasteiger charge is -2.16. The van der Waals surface area contributed by atoms with Crippen LogP contribution in [0, 0.1) is 5.92 Å². The van der Waals surface area contributed by atoms with Crippen molar-refractivity contribution >= 4 is 5.91 Å². The molecule has 0 radical (unpaired) electrons. The van der Waals surface area contributed by atoms with Gasteiger partial charge in [-0.25, -0.2) is 0 Å². The lowest BCUT2D eigenvalue weighted by atomic mass is 10.2. The number of aliphatic hydroxyl groups is 1. The van der Waals surface area contributed by atoms with E-state index >= 15 is 0 Å². The summed E-state index contributed by atoms with van der Waals surface area (Å²) in [4.78, 5) is 11.5. The van der Waals surface area contributed by atoms with Crippen molar-refractivity contribution in [1.29, 1.82) is 0 Å². The van der Waals surface area contributed by atoms with Gasteiger partial charge in [-0.05, 0) is 18.8 Å². The zero-order valence-electron chi connectivity index (χ0n) is 8.44. The normalized spacial score (nSPS) is 22.1. The molecule has 5 heteroatoms. The topological polar surface area (TPSA) is 67.8 Å². The SMILES string of the molecule is O=C(NCC(O)C1CC1)C1=COCCO1. The number of ether oxygens (including phenoxy) is 2. The van der Waals surface area contributed by atoms with Crippen LogP contribution in [0.25, 0.3) is 0 Å². The standard InChI is InChI=1S/C10H15NO4/c12-8(7-1-2-7)5-11-10(13)9-6-14-3-4-15-9/h6-8,12H,1-5H2,(H,11,13). The maximum Gasteiger partial charge on any atom is 0.289 e. The Balaban J connectivity index is 1.73. The molecule has 1 amide bonds. The monoisotopic (exact) mass is 213 g/mol. The van der Waals surface area contributed by atoms with E-state index in [-0.39, 0.29) is 18.2 Å². The summed E-state index contributed by atoms with van der Waals surface area (Å²) in [6.07, 6.45) is 2.99. The predicted molar refractivity (Wildman–Crippen MR) is 51.7 cm³/mol. The van der Waals surface area contributed by atoms with Crippen LogP contribution in [0.2, 0.25) is 0 Å². The molecule has 1 unspecified atom stereocenters. The van der Waals surface area contributed by atoms with Crippen LogP contribution in [-0.2, 0) is 14.3 Å². The van der Waals surface area contributed by atoms with E-state index in [1.165, 1.54) is 6.26 Å². The van der Waals surface area contributed by atoms with Gasteiger partial charge in [0.15, 0.2) is 0 Å². The van der Waals surface area contributed by atoms with Crippen LogP contribution in [0.4, 0.5) is 0 Å². The molecule has 15 heavy (non-hydrogen) atoms. The van der Waals surface area contributed by atoms with Gasteiger partial charge in [0.25, 0.3) is 5.91 Å². The predicted octanol–water partition coefficient (Wildman–Crippen LogP) is -0.238. The van der Waals surface area contributed by atoms with E-state index in [9.17, 15) is 9.90 Å². The molecule has 1 atom stereocenters. The van der Waals surface area contributed by atoms with Gasteiger partial charge in [0, 0.05) is 6.54 Å². The highest BCUT2D eigenvalue weighted by Crippen LogP contribution is 2.32. The van der Waals surface area contributed by atoms with E-state index < -0.39 is 6.10 Å². The molecule has 84 valence electrons. The zero-order chi connectivity index (χ0) is 10.7. The molecule has 2 N–H and O–H groups in total. The smallest absolute Gasteiger partial charge is 0.289 e. The van der Waals surface area contributed by atoms with Crippen molar-refractivity contribution in [1.82, 2.24) is 5.32 Å². The van der Waals surface area contributed by atoms with E-state index in [4.69, 9.17) is 9.47 Å². The van der Waals surface area contributed by atoms with Gasteiger partial charge >= 0.3 is 0 Å². The van der Waals surface area contributed by atoms with Gasteiger partial charge in [0.05, 0.1) is 6.10 Å². The van der Waals surface area contributed by atoms with Crippen LogP contribution in [0.5, 0.6) is 0 Å². The number of hydrogen-bond donors (Lipinski definition) is 2. The highest BCUT2D eigenvalue weighted by atomic mass is 16.6. The number of hydrogen-bond acceptors (Lipinski definition) is 4. The number of nitrogens with one attached hydrogen (secondary N) is 1. The minimum atomic E-state index is -0.431. The van der Waals surface area contributed by atoms with Gasteiger partial charge in [0.2, 0.25) is 5.76 Å². The Bertz CT molecular complexity index is 273. The van der Waals surface area contributed by atoms with E-state index in [2.05, 4.69) is 5.32 Å². The summed E-state index contributed by atoms with van der Waals surface area (Å²) < 4.78 is 10.1. The van der Waals surface area contributed by atoms with E-state index in [1.807, 2.05) is 0 Å². The van der Waals surface area contributed by atoms with Gasteiger partial charge in [-0.15, -0.1) is 0 Å². The second-order valence-corrected chi connectivity index (χ2v) is 3.82. The van der Waals surface area contributed by atoms with Crippen LogP contribution < -0.4 is 5.32 Å². The minimum absolute atomic E-state index is 0.184. The fourth-order valence-corrected chi connectivity index (χ4v) is 1.42. The summed E-state index contributed by atoms with van der Waals surface area (Å²) in [6, 6.07) is 0. The maximum atomic E-state index is 11.5. The summed E-state index contributed by atoms with van der Waals surface area (Å²) in [5, 5.41) is 12.1. The minimum Gasteiger partial charge on any atom is -0.494 e. The van der Waals surface area contributed by atoms with Crippen LogP contribution in [-0.4, -0.2) is 36.9 Å². The molecule has 1 saturated carbocycles. The van der Waals surface area contributed by atoms with Crippen molar-refractivity contribution < 1.29 is 19.4 Å². The van der Waals surface area contributed by atoms with Crippen molar-refractivity contribution in [2.24, 2.45) is 5.92 Å². The first-order valence-electron chi connectivity index (χ1n) is 5.18. The summed E-state index contributed by atoms with van der Waals surface area (Å²) in [5.74, 6) is 0.224. The van der Waals surface area contributed by atoms with Crippen molar-refractivity contribution in [3.05, 3.63) is 12.0 Å². The molecule has 1 fully saturated rings. The van der Waals surface area contributed by atoms with Gasteiger partial charge in [-0.1, -0.05) is 0 Å². The number of carbonyl (C=O) groups is 1. The molecule has 5 nitrogen and oxygen atoms in total. The van der Waals surface area contributed by atoms with Crippen molar-refractivity contribution in [3.63, 3.8) is 0 Å². The van der Waals surface area contributed by atoms with Gasteiger partial charge in [-0.3, -0.25) is 4.79 Å². The molecule has 0 aromatic carbocycles. The first-order chi connectivity index (χ1) is 7.27. The number of aliphatic hydroxyl groups excluding tert-OH is 1. The Hall–Kier alpha value is -1.23. The molecular formula is C10H15NO4. The van der Waals surface area contributed by atoms with Crippen LogP contribution in [0.3, 0.4) is 0 Å². The third-order valence-corrected chi connectivity index (χ3v) is 2.51. The average Bonchev–Trinajstić information content (AvgIpc) is 3.10. The van der Waals surface area contributed by atoms with Gasteiger partial charge < -0.3 is 19.9 Å². The average molecular weight is 213 g/mol. The molecular weight excluding hydrogens is 198 g/mol. The summed E-state index contributed by atoms with van der Waals surface area (Å²) >= 11 is 0. The highest BCUT2D eigenvalue weighted by Gasteiger charge is 2.30. The molecule has 1 aliphatic carbocycles. The van der Waals surface area contributed by atoms with Crippen molar-refractivity contribution in [2.75, 3.05) is 19.8 Å². The second kappa shape index (κ2) is 4.53. The molecule has 1 aliphatic heterocycles. The molecule has 0 saturated heterocycles. The van der Waals surface area contributed by atoms with Crippen molar-refractivity contribution in [3.8, 4) is 0 Å². The quantitative estimate of drug-likeness (QED) is 0.676. The Kier molecular flexibility index (Phi) is 3.11. The molecule has 0 spiro atoms. The lowest BCUT2D eigenvalue weighted by Crippen LogP contribution is -2.35. The third-order valence-electron chi connectivity index (χ3n) is 2.51. The summed E-state index contributed by atoms with van der Waals surface area (Å²) in [5.41, 5.74) is 0. The Morgan fingerprint density at radius 2 is 2.40 bits per heavy atom. The Labute approximate surface area is 88.1 Å². The van der Waals surface area contributed by atoms with E-state index in [0.29, 0.717) is 19.1 Å². The van der Waals surface area contributed by atoms with Crippen LogP contribution in [0.15, 0.2) is 12.0 Å². The molecule has 1 heterocycles. The highest BCUT2D eigenvalue weighted by molar-refractivity contribution is 5.91. The third kappa shape index (κ3) is 2.86. The molecule has 0 bridgehead atoms. The first-order valence-corrected chi connectivity index (χ1v) is 5.18. The molecule has 2 aliphatic rings. The number of amides is 1. The number of rotatable bonds is 4. The fourth-order valence-electron chi connectivity index (χ4n) is 1.42. The fraction of sp³-hybridized carbons (Fsp3) is 0.700. The van der Waals surface area contributed by atoms with Gasteiger partial charge in [-0.2, -0.15) is 0 Å². The molecule has 0 aromatic rings.